The molecule has 0 radical (unpaired) electrons. The second-order valence-corrected chi connectivity index (χ2v) is 11.8. The van der Waals surface area contributed by atoms with E-state index in [-0.39, 0.29) is 22.8 Å². The molecule has 0 aromatic heterocycles. The summed E-state index contributed by atoms with van der Waals surface area (Å²) in [7, 11) is 0. The van der Waals surface area contributed by atoms with Crippen molar-refractivity contribution >= 4 is 23.7 Å². The topological polar surface area (TPSA) is 64.6 Å². The van der Waals surface area contributed by atoms with Crippen LogP contribution in [-0.2, 0) is 31.9 Å². The molecule has 34 heavy (non-hydrogen) atoms. The minimum Gasteiger partial charge on any atom is -0.465 e. The van der Waals surface area contributed by atoms with E-state index in [1.807, 2.05) is 27.7 Å². The predicted molar refractivity (Wildman–Crippen MR) is 143 cm³/mol. The van der Waals surface area contributed by atoms with Gasteiger partial charge in [0.25, 0.3) is 0 Å². The van der Waals surface area contributed by atoms with Crippen molar-refractivity contribution in [3.05, 3.63) is 35.4 Å². The van der Waals surface area contributed by atoms with Crippen LogP contribution in [0.5, 0.6) is 0 Å². The highest BCUT2D eigenvalue weighted by molar-refractivity contribution is 8.01. The van der Waals surface area contributed by atoms with Crippen LogP contribution in [0.2, 0.25) is 0 Å². The fourth-order valence-corrected chi connectivity index (χ4v) is 4.73. The van der Waals surface area contributed by atoms with Crippen LogP contribution >= 0.6 is 11.8 Å². The van der Waals surface area contributed by atoms with Gasteiger partial charge in [0.15, 0.2) is 0 Å². The molecule has 0 saturated heterocycles. The van der Waals surface area contributed by atoms with Crippen LogP contribution in [0.4, 0.5) is 0 Å². The first-order valence-corrected chi connectivity index (χ1v) is 13.9. The Balaban J connectivity index is 2.16. The Bertz CT molecular complexity index is 697. The summed E-state index contributed by atoms with van der Waals surface area (Å²) >= 11 is 1.67. The second-order valence-electron chi connectivity index (χ2n) is 10.1. The van der Waals surface area contributed by atoms with Crippen molar-refractivity contribution < 1.29 is 19.1 Å². The van der Waals surface area contributed by atoms with E-state index in [2.05, 4.69) is 43.4 Å². The lowest BCUT2D eigenvalue weighted by Gasteiger charge is -2.19. The third-order valence-corrected chi connectivity index (χ3v) is 6.41. The van der Waals surface area contributed by atoms with Gasteiger partial charge in [0.1, 0.15) is 10.9 Å². The van der Waals surface area contributed by atoms with Gasteiger partial charge in [-0.05, 0) is 82.8 Å². The van der Waals surface area contributed by atoms with Crippen molar-refractivity contribution in [3.63, 3.8) is 0 Å². The number of nitrogens with one attached hydrogen (secondary N) is 1. The zero-order valence-corrected chi connectivity index (χ0v) is 23.1. The van der Waals surface area contributed by atoms with Crippen LogP contribution in [0.25, 0.3) is 0 Å². The van der Waals surface area contributed by atoms with Gasteiger partial charge in [0.2, 0.25) is 0 Å². The Kier molecular flexibility index (Phi) is 15.2. The normalized spacial score (nSPS) is 12.6. The van der Waals surface area contributed by atoms with Crippen molar-refractivity contribution in [1.82, 2.24) is 5.32 Å². The summed E-state index contributed by atoms with van der Waals surface area (Å²) in [6.07, 6.45) is 7.73. The fourth-order valence-electron chi connectivity index (χ4n) is 3.61. The minimum atomic E-state index is -0.384. The van der Waals surface area contributed by atoms with Gasteiger partial charge in [0.05, 0.1) is 6.61 Å². The molecule has 1 atom stereocenters. The maximum atomic E-state index is 12.3. The van der Waals surface area contributed by atoms with E-state index in [1.165, 1.54) is 17.5 Å². The first kappa shape index (κ1) is 30.5. The monoisotopic (exact) mass is 493 g/mol. The summed E-state index contributed by atoms with van der Waals surface area (Å²) in [5, 5.41) is 3.77. The molecule has 0 spiro atoms. The molecule has 0 fully saturated rings. The molecule has 0 aliphatic carbocycles. The van der Waals surface area contributed by atoms with Gasteiger partial charge in [-0.15, -0.1) is 11.8 Å². The number of unbranched alkanes of at least 4 members (excludes halogenated alkanes) is 4. The molecule has 1 rings (SSSR count). The summed E-state index contributed by atoms with van der Waals surface area (Å²) in [6.45, 7) is 14.2. The van der Waals surface area contributed by atoms with Crippen molar-refractivity contribution in [2.75, 3.05) is 19.7 Å². The van der Waals surface area contributed by atoms with E-state index < -0.39 is 0 Å². The lowest BCUT2D eigenvalue weighted by Crippen LogP contribution is -2.24. The highest BCUT2D eigenvalue weighted by Gasteiger charge is 2.22. The van der Waals surface area contributed by atoms with Gasteiger partial charge < -0.3 is 14.8 Å². The standard InChI is InChI=1S/C28H47NO4S/c1-7-32-27(31)25(34-22(2)3)21-24-16-14-23(15-17-24)18-20-29-19-12-10-8-9-11-13-26(30)33-28(4,5)6/h14-17,22,25,29H,7-13,18-21H2,1-6H3. The zero-order chi connectivity index (χ0) is 25.4. The molecule has 1 unspecified atom stereocenters. The molecular formula is C28H47NO4S. The SMILES string of the molecule is CCOC(=O)C(Cc1ccc(CCNCCCCCCCC(=O)OC(C)(C)C)cc1)SC(C)C. The van der Waals surface area contributed by atoms with Crippen LogP contribution in [0.15, 0.2) is 24.3 Å². The predicted octanol–water partition coefficient (Wildman–Crippen LogP) is 6.12. The minimum absolute atomic E-state index is 0.0875. The summed E-state index contributed by atoms with van der Waals surface area (Å²) < 4.78 is 10.6. The molecule has 0 saturated carbocycles. The molecule has 5 nitrogen and oxygen atoms in total. The third-order valence-electron chi connectivity index (χ3n) is 5.17. The summed E-state index contributed by atoms with van der Waals surface area (Å²) in [4.78, 5) is 23.9. The number of hydrogen-bond acceptors (Lipinski definition) is 6. The largest absolute Gasteiger partial charge is 0.465 e. The number of thioether (sulfide) groups is 1. The number of rotatable bonds is 17. The molecule has 0 aliphatic heterocycles. The van der Waals surface area contributed by atoms with Crippen molar-refractivity contribution in [2.45, 2.75) is 109 Å². The van der Waals surface area contributed by atoms with Crippen LogP contribution in [0, 0.1) is 0 Å². The van der Waals surface area contributed by atoms with Crippen molar-refractivity contribution in [3.8, 4) is 0 Å². The summed E-state index contributed by atoms with van der Waals surface area (Å²) in [5.41, 5.74) is 2.10. The molecule has 1 N–H and O–H groups in total. The Morgan fingerprint density at radius 2 is 1.56 bits per heavy atom. The number of esters is 2. The van der Waals surface area contributed by atoms with Gasteiger partial charge in [-0.3, -0.25) is 9.59 Å². The van der Waals surface area contributed by atoms with Crippen LogP contribution in [0.1, 0.15) is 91.2 Å². The maximum Gasteiger partial charge on any atom is 0.319 e. The molecule has 1 aromatic carbocycles. The van der Waals surface area contributed by atoms with Crippen LogP contribution < -0.4 is 5.32 Å². The lowest BCUT2D eigenvalue weighted by molar-refractivity contribution is -0.155. The average molecular weight is 494 g/mol. The third kappa shape index (κ3) is 15.4. The number of ether oxygens (including phenoxy) is 2. The van der Waals surface area contributed by atoms with Gasteiger partial charge in [-0.2, -0.15) is 0 Å². The molecule has 0 bridgehead atoms. The number of carbonyl (C=O) groups is 2. The molecule has 0 aliphatic rings. The van der Waals surface area contributed by atoms with Crippen molar-refractivity contribution in [2.24, 2.45) is 0 Å². The Labute approximate surface area is 212 Å². The fraction of sp³-hybridized carbons (Fsp3) is 0.714. The van der Waals surface area contributed by atoms with Crippen LogP contribution in [0.3, 0.4) is 0 Å². The van der Waals surface area contributed by atoms with Crippen LogP contribution in [-0.4, -0.2) is 47.7 Å². The molecule has 0 heterocycles. The van der Waals surface area contributed by atoms with E-state index in [1.54, 1.807) is 11.8 Å². The first-order chi connectivity index (χ1) is 16.1. The van der Waals surface area contributed by atoms with Gasteiger partial charge in [-0.1, -0.05) is 57.4 Å². The zero-order valence-electron chi connectivity index (χ0n) is 22.3. The Morgan fingerprint density at radius 1 is 0.941 bits per heavy atom. The highest BCUT2D eigenvalue weighted by Crippen LogP contribution is 2.23. The van der Waals surface area contributed by atoms with Gasteiger partial charge >= 0.3 is 11.9 Å². The smallest absolute Gasteiger partial charge is 0.319 e. The Hall–Kier alpha value is -1.53. The van der Waals surface area contributed by atoms with Crippen molar-refractivity contribution in [1.29, 1.82) is 0 Å². The molecule has 194 valence electrons. The quantitative estimate of drug-likeness (QED) is 0.208. The van der Waals surface area contributed by atoms with E-state index in [9.17, 15) is 9.59 Å². The average Bonchev–Trinajstić information content (AvgIpc) is 2.74. The maximum absolute atomic E-state index is 12.3. The second kappa shape index (κ2) is 17.0. The first-order valence-electron chi connectivity index (χ1n) is 12.9. The van der Waals surface area contributed by atoms with E-state index in [0.29, 0.717) is 24.7 Å². The molecule has 0 amide bonds. The number of hydrogen-bond donors (Lipinski definition) is 1. The number of carbonyl (C=O) groups excluding carboxylic acids is 2. The van der Waals surface area contributed by atoms with E-state index in [0.717, 1.165) is 45.2 Å². The summed E-state index contributed by atoms with van der Waals surface area (Å²) in [5.74, 6) is -0.201. The molecule has 1 aromatic rings. The van der Waals surface area contributed by atoms with Gasteiger partial charge in [-0.25, -0.2) is 0 Å². The molecular weight excluding hydrogens is 446 g/mol. The highest BCUT2D eigenvalue weighted by atomic mass is 32.2. The lowest BCUT2D eigenvalue weighted by atomic mass is 10.1. The Morgan fingerprint density at radius 3 is 2.18 bits per heavy atom. The van der Waals surface area contributed by atoms with E-state index >= 15 is 0 Å². The van der Waals surface area contributed by atoms with Gasteiger partial charge in [0, 0.05) is 6.42 Å². The van der Waals surface area contributed by atoms with E-state index in [4.69, 9.17) is 9.47 Å². The molecule has 6 heteroatoms. The summed E-state index contributed by atoms with van der Waals surface area (Å²) in [6, 6.07) is 8.62. The number of benzene rings is 1.